The molecule has 0 amide bonds. The molecule has 0 bridgehead atoms. The van der Waals surface area contributed by atoms with E-state index in [4.69, 9.17) is 5.73 Å². The third-order valence-electron chi connectivity index (χ3n) is 5.22. The first-order valence-electron chi connectivity index (χ1n) is 9.70. The second-order valence-electron chi connectivity index (χ2n) is 7.36. The van der Waals surface area contributed by atoms with E-state index in [1.54, 1.807) is 12.5 Å². The molecule has 0 aliphatic carbocycles. The van der Waals surface area contributed by atoms with Crippen molar-refractivity contribution in [3.05, 3.63) is 67.0 Å². The maximum Gasteiger partial charge on any atom is 0.133 e. The summed E-state index contributed by atoms with van der Waals surface area (Å²) in [6.45, 7) is 4.80. The smallest absolute Gasteiger partial charge is 0.133 e. The highest BCUT2D eigenvalue weighted by atomic mass is 15.1. The van der Waals surface area contributed by atoms with Crippen molar-refractivity contribution in [1.82, 2.24) is 35.0 Å². The molecule has 30 heavy (non-hydrogen) atoms. The van der Waals surface area contributed by atoms with E-state index in [0.29, 0.717) is 5.82 Å². The number of imidazole rings is 1. The zero-order valence-electron chi connectivity index (χ0n) is 16.6. The molecule has 150 valence electrons. The predicted octanol–water partition coefficient (Wildman–Crippen LogP) is 3.22. The molecule has 0 spiro atoms. The molecule has 8 heteroatoms. The van der Waals surface area contributed by atoms with Gasteiger partial charge in [-0.05, 0) is 18.2 Å². The number of nitrogens with two attached hydrogens (primary N) is 1. The van der Waals surface area contributed by atoms with Crippen molar-refractivity contribution < 1.29 is 0 Å². The van der Waals surface area contributed by atoms with Gasteiger partial charge in [-0.1, -0.05) is 18.7 Å². The summed E-state index contributed by atoms with van der Waals surface area (Å²) < 4.78 is 1.90. The largest absolute Gasteiger partial charge is 0.383 e. The SMILES string of the molecule is C=C(NCCc1cc2c(N)nc3cc(-c4ccn[nH]4)ccc3c2[nH]1)c1cn(C)cn1. The number of benzene rings is 1. The van der Waals surface area contributed by atoms with Gasteiger partial charge in [-0.2, -0.15) is 5.10 Å². The van der Waals surface area contributed by atoms with Gasteiger partial charge in [-0.25, -0.2) is 9.97 Å². The highest BCUT2D eigenvalue weighted by Crippen LogP contribution is 2.31. The van der Waals surface area contributed by atoms with Crippen molar-refractivity contribution in [2.75, 3.05) is 12.3 Å². The highest BCUT2D eigenvalue weighted by Gasteiger charge is 2.12. The zero-order valence-corrected chi connectivity index (χ0v) is 16.6. The van der Waals surface area contributed by atoms with E-state index in [2.05, 4.69) is 55.2 Å². The van der Waals surface area contributed by atoms with Gasteiger partial charge in [0.2, 0.25) is 0 Å². The molecule has 0 saturated heterocycles. The molecule has 0 unspecified atom stereocenters. The fraction of sp³-hybridized carbons (Fsp3) is 0.136. The summed E-state index contributed by atoms with van der Waals surface area (Å²) >= 11 is 0. The van der Waals surface area contributed by atoms with Gasteiger partial charge in [0, 0.05) is 54.4 Å². The predicted molar refractivity (Wildman–Crippen MR) is 120 cm³/mol. The number of rotatable bonds is 6. The lowest BCUT2D eigenvalue weighted by Crippen LogP contribution is -2.15. The first-order chi connectivity index (χ1) is 14.6. The fourth-order valence-corrected chi connectivity index (χ4v) is 3.68. The number of aromatic amines is 2. The van der Waals surface area contributed by atoms with Crippen LogP contribution in [0.2, 0.25) is 0 Å². The molecule has 4 aromatic heterocycles. The Kier molecular flexibility index (Phi) is 4.24. The van der Waals surface area contributed by atoms with E-state index in [0.717, 1.165) is 63.1 Å². The lowest BCUT2D eigenvalue weighted by atomic mass is 10.1. The molecule has 1 aromatic carbocycles. The maximum atomic E-state index is 6.27. The fourth-order valence-electron chi connectivity index (χ4n) is 3.68. The second-order valence-corrected chi connectivity index (χ2v) is 7.36. The van der Waals surface area contributed by atoms with Crippen molar-refractivity contribution in [3.63, 3.8) is 0 Å². The van der Waals surface area contributed by atoms with Crippen LogP contribution in [0, 0.1) is 0 Å². The monoisotopic (exact) mass is 398 g/mol. The van der Waals surface area contributed by atoms with Crippen molar-refractivity contribution in [3.8, 4) is 11.3 Å². The third kappa shape index (κ3) is 3.18. The Morgan fingerprint density at radius 2 is 2.13 bits per heavy atom. The Balaban J connectivity index is 1.40. The number of nitrogens with zero attached hydrogens (tertiary/aromatic N) is 4. The number of H-pyrrole nitrogens is 2. The summed E-state index contributed by atoms with van der Waals surface area (Å²) in [6, 6.07) is 10.2. The van der Waals surface area contributed by atoms with Gasteiger partial charge in [0.05, 0.1) is 28.8 Å². The molecule has 0 aliphatic rings. The molecule has 5 rings (SSSR count). The number of nitrogens with one attached hydrogen (secondary N) is 3. The highest BCUT2D eigenvalue weighted by molar-refractivity contribution is 6.08. The molecule has 5 N–H and O–H groups in total. The van der Waals surface area contributed by atoms with Crippen molar-refractivity contribution >= 4 is 33.3 Å². The first kappa shape index (κ1) is 18.0. The van der Waals surface area contributed by atoms with Crippen LogP contribution in [0.25, 0.3) is 38.8 Å². The molecule has 0 aliphatic heterocycles. The van der Waals surface area contributed by atoms with E-state index >= 15 is 0 Å². The number of aryl methyl sites for hydroxylation is 1. The van der Waals surface area contributed by atoms with Crippen LogP contribution in [-0.2, 0) is 13.5 Å². The number of hydrogen-bond donors (Lipinski definition) is 4. The average Bonchev–Trinajstić information content (AvgIpc) is 3.48. The van der Waals surface area contributed by atoms with Gasteiger partial charge in [0.25, 0.3) is 0 Å². The van der Waals surface area contributed by atoms with Crippen LogP contribution in [0.3, 0.4) is 0 Å². The summed E-state index contributed by atoms with van der Waals surface area (Å²) in [4.78, 5) is 12.5. The number of fused-ring (bicyclic) bond motifs is 3. The van der Waals surface area contributed by atoms with Gasteiger partial charge in [-0.3, -0.25) is 5.10 Å². The number of hydrogen-bond acceptors (Lipinski definition) is 5. The van der Waals surface area contributed by atoms with E-state index in [-0.39, 0.29) is 0 Å². The van der Waals surface area contributed by atoms with E-state index < -0.39 is 0 Å². The quantitative estimate of drug-likeness (QED) is 0.351. The van der Waals surface area contributed by atoms with Crippen LogP contribution in [0.4, 0.5) is 5.82 Å². The minimum atomic E-state index is 0.521. The number of nitrogen functional groups attached to an aromatic ring is 1. The topological polar surface area (TPSA) is 113 Å². The molecular formula is C22H22N8. The summed E-state index contributed by atoms with van der Waals surface area (Å²) in [7, 11) is 1.94. The van der Waals surface area contributed by atoms with Crippen molar-refractivity contribution in [2.24, 2.45) is 7.05 Å². The molecule has 0 atom stereocenters. The second kappa shape index (κ2) is 7.07. The molecule has 5 aromatic rings. The summed E-state index contributed by atoms with van der Waals surface area (Å²) in [5, 5.41) is 12.3. The van der Waals surface area contributed by atoms with Crippen molar-refractivity contribution in [1.29, 1.82) is 0 Å². The van der Waals surface area contributed by atoms with Crippen LogP contribution in [-0.4, -0.2) is 36.3 Å². The van der Waals surface area contributed by atoms with E-state index in [1.165, 1.54) is 0 Å². The minimum absolute atomic E-state index is 0.521. The molecule has 0 saturated carbocycles. The molecule has 0 radical (unpaired) electrons. The van der Waals surface area contributed by atoms with Gasteiger partial charge in [-0.15, -0.1) is 0 Å². The number of aromatic nitrogens is 6. The molecule has 8 nitrogen and oxygen atoms in total. The number of pyridine rings is 1. The van der Waals surface area contributed by atoms with Gasteiger partial charge in [0.15, 0.2) is 0 Å². The van der Waals surface area contributed by atoms with Crippen LogP contribution in [0.15, 0.2) is 55.6 Å². The summed E-state index contributed by atoms with van der Waals surface area (Å²) in [6.07, 6.45) is 6.23. The van der Waals surface area contributed by atoms with Gasteiger partial charge >= 0.3 is 0 Å². The maximum absolute atomic E-state index is 6.27. The minimum Gasteiger partial charge on any atom is -0.383 e. The Labute approximate surface area is 172 Å². The van der Waals surface area contributed by atoms with Crippen LogP contribution in [0.1, 0.15) is 11.4 Å². The molecule has 0 fully saturated rings. The van der Waals surface area contributed by atoms with Crippen LogP contribution in [0.5, 0.6) is 0 Å². The summed E-state index contributed by atoms with van der Waals surface area (Å²) in [5.41, 5.74) is 12.8. The zero-order chi connectivity index (χ0) is 20.7. The van der Waals surface area contributed by atoms with Gasteiger partial charge < -0.3 is 20.6 Å². The van der Waals surface area contributed by atoms with E-state index in [9.17, 15) is 0 Å². The molecular weight excluding hydrogens is 376 g/mol. The summed E-state index contributed by atoms with van der Waals surface area (Å²) in [5.74, 6) is 0.521. The van der Waals surface area contributed by atoms with Crippen LogP contribution < -0.4 is 11.1 Å². The van der Waals surface area contributed by atoms with E-state index in [1.807, 2.05) is 29.9 Å². The standard InChI is InChI=1S/C22H22N8/c1-13(20-11-30(2)12-25-20)24-7-5-15-10-17-21(27-15)16-4-3-14(18-6-8-26-29-18)9-19(16)28-22(17)23/h3-4,6,8-12,24,27H,1,5,7H2,2H3,(H2,23,28)(H,26,29). The first-order valence-corrected chi connectivity index (χ1v) is 9.70. The number of anilines is 1. The Hall–Kier alpha value is -4.07. The van der Waals surface area contributed by atoms with Crippen molar-refractivity contribution in [2.45, 2.75) is 6.42 Å². The molecule has 4 heterocycles. The lowest BCUT2D eigenvalue weighted by molar-refractivity contribution is 0.831. The Bertz CT molecular complexity index is 1360. The average molecular weight is 398 g/mol. The van der Waals surface area contributed by atoms with Crippen LogP contribution >= 0.6 is 0 Å². The van der Waals surface area contributed by atoms with Gasteiger partial charge in [0.1, 0.15) is 11.5 Å². The lowest BCUT2D eigenvalue weighted by Gasteiger charge is -2.06. The normalized spacial score (nSPS) is 11.4. The third-order valence-corrected chi connectivity index (χ3v) is 5.22. The Morgan fingerprint density at radius 3 is 2.90 bits per heavy atom. The Morgan fingerprint density at radius 1 is 1.23 bits per heavy atom.